The maximum Gasteiger partial charge on any atom is 0.256 e. The lowest BCUT2D eigenvalue weighted by molar-refractivity contribution is 0.0734. The Kier molecular flexibility index (Phi) is 6.57. The van der Waals surface area contributed by atoms with E-state index in [0.29, 0.717) is 47.3 Å². The number of nitrogens with one attached hydrogen (secondary N) is 2. The first-order valence-electron chi connectivity index (χ1n) is 12.2. The average molecular weight is 536 g/mol. The van der Waals surface area contributed by atoms with Gasteiger partial charge in [0, 0.05) is 35.8 Å². The van der Waals surface area contributed by atoms with Gasteiger partial charge in [0.1, 0.15) is 17.2 Å². The summed E-state index contributed by atoms with van der Waals surface area (Å²) in [6, 6.07) is 3.69. The highest BCUT2D eigenvalue weighted by Gasteiger charge is 2.37. The Morgan fingerprint density at radius 1 is 1.05 bits per heavy atom. The van der Waals surface area contributed by atoms with Crippen molar-refractivity contribution in [3.05, 3.63) is 55.0 Å². The van der Waals surface area contributed by atoms with Crippen molar-refractivity contribution >= 4 is 27.3 Å². The van der Waals surface area contributed by atoms with Crippen LogP contribution in [0.2, 0.25) is 0 Å². The molecule has 1 fully saturated rings. The third-order valence-corrected chi connectivity index (χ3v) is 7.87. The van der Waals surface area contributed by atoms with Crippen LogP contribution in [0.25, 0.3) is 22.6 Å². The van der Waals surface area contributed by atoms with E-state index in [1.165, 1.54) is 12.4 Å². The van der Waals surface area contributed by atoms with E-state index in [1.807, 2.05) is 19.9 Å². The molecule has 0 unspecified atom stereocenters. The van der Waals surface area contributed by atoms with E-state index in [4.69, 9.17) is 0 Å². The van der Waals surface area contributed by atoms with Crippen molar-refractivity contribution < 1.29 is 13.5 Å². The van der Waals surface area contributed by atoms with Crippen LogP contribution >= 0.6 is 0 Å². The number of hydrogen-bond acceptors (Lipinski definition) is 11. The molecular weight excluding hydrogens is 506 g/mol. The van der Waals surface area contributed by atoms with Gasteiger partial charge in [0.15, 0.2) is 5.82 Å². The SMILES string of the molecule is CC(C)Nc1cc(Nc2ccnc(-c3cnn(S(=O)(=O)C4CC4)c3)n2)ncc1-c1cnc(C(C)(C)O)cn1. The predicted octanol–water partition coefficient (Wildman–Crippen LogP) is 3.32. The number of aliphatic hydroxyl groups is 1. The zero-order chi connectivity index (χ0) is 27.1. The van der Waals surface area contributed by atoms with E-state index < -0.39 is 15.6 Å². The van der Waals surface area contributed by atoms with Crippen molar-refractivity contribution in [2.45, 2.75) is 57.4 Å². The highest BCUT2D eigenvalue weighted by atomic mass is 32.2. The highest BCUT2D eigenvalue weighted by molar-refractivity contribution is 7.90. The van der Waals surface area contributed by atoms with Crippen LogP contribution in [0.15, 0.2) is 49.3 Å². The van der Waals surface area contributed by atoms with Gasteiger partial charge in [-0.3, -0.25) is 9.97 Å². The third-order valence-electron chi connectivity index (χ3n) is 5.84. The van der Waals surface area contributed by atoms with Gasteiger partial charge in [-0.05, 0) is 46.6 Å². The van der Waals surface area contributed by atoms with Crippen LogP contribution in [0, 0.1) is 0 Å². The molecule has 0 radical (unpaired) electrons. The standard InChI is InChI=1S/C25H29N9O3S/c1-15(2)31-19-9-23(29-11-18(19)20-12-28-21(13-27-20)25(3,4)35)32-22-7-8-26-24(33-22)16-10-30-34(14-16)38(36,37)17-5-6-17/h7-15,17,35H,5-6H2,1-4H3,(H2,26,29,31,32,33). The molecule has 4 heterocycles. The summed E-state index contributed by atoms with van der Waals surface area (Å²) in [5.74, 6) is 1.36. The first kappa shape index (κ1) is 25.7. The minimum atomic E-state index is -3.47. The Balaban J connectivity index is 1.40. The largest absolute Gasteiger partial charge is 0.384 e. The van der Waals surface area contributed by atoms with Crippen LogP contribution in [0.1, 0.15) is 46.2 Å². The van der Waals surface area contributed by atoms with Crippen LogP contribution in [0.4, 0.5) is 17.3 Å². The maximum atomic E-state index is 12.5. The predicted molar refractivity (Wildman–Crippen MR) is 143 cm³/mol. The summed E-state index contributed by atoms with van der Waals surface area (Å²) in [5.41, 5.74) is 2.05. The molecule has 1 aliphatic carbocycles. The number of anilines is 3. The van der Waals surface area contributed by atoms with Crippen molar-refractivity contribution in [3.8, 4) is 22.6 Å². The van der Waals surface area contributed by atoms with Gasteiger partial charge in [-0.2, -0.15) is 9.19 Å². The number of pyridine rings is 1. The van der Waals surface area contributed by atoms with Gasteiger partial charge in [-0.25, -0.2) is 23.4 Å². The third kappa shape index (κ3) is 5.48. The maximum absolute atomic E-state index is 12.5. The first-order valence-corrected chi connectivity index (χ1v) is 13.7. The molecule has 0 spiro atoms. The Morgan fingerprint density at radius 2 is 1.84 bits per heavy atom. The fraction of sp³-hybridized carbons (Fsp3) is 0.360. The van der Waals surface area contributed by atoms with Gasteiger partial charge in [0.05, 0.1) is 47.0 Å². The summed E-state index contributed by atoms with van der Waals surface area (Å²) in [6.07, 6.45) is 10.6. The summed E-state index contributed by atoms with van der Waals surface area (Å²) in [7, 11) is -3.47. The summed E-state index contributed by atoms with van der Waals surface area (Å²) in [4.78, 5) is 22.2. The molecule has 4 aromatic rings. The number of hydrogen-bond donors (Lipinski definition) is 3. The molecule has 0 aliphatic heterocycles. The van der Waals surface area contributed by atoms with E-state index in [-0.39, 0.29) is 11.3 Å². The minimum Gasteiger partial charge on any atom is -0.384 e. The van der Waals surface area contributed by atoms with Crippen molar-refractivity contribution in [1.29, 1.82) is 0 Å². The summed E-state index contributed by atoms with van der Waals surface area (Å²) in [5, 5.41) is 20.4. The molecular formula is C25H29N9O3S. The van der Waals surface area contributed by atoms with Gasteiger partial charge < -0.3 is 15.7 Å². The Labute approximate surface area is 220 Å². The zero-order valence-electron chi connectivity index (χ0n) is 21.5. The van der Waals surface area contributed by atoms with Gasteiger partial charge in [-0.15, -0.1) is 0 Å². The normalized spacial score (nSPS) is 14.1. The first-order chi connectivity index (χ1) is 18.0. The quantitative estimate of drug-likeness (QED) is 0.288. The van der Waals surface area contributed by atoms with Crippen LogP contribution < -0.4 is 10.6 Å². The molecule has 0 amide bonds. The lowest BCUT2D eigenvalue weighted by Gasteiger charge is -2.18. The smallest absolute Gasteiger partial charge is 0.256 e. The molecule has 198 valence electrons. The monoisotopic (exact) mass is 535 g/mol. The average Bonchev–Trinajstić information content (AvgIpc) is 3.61. The molecule has 13 heteroatoms. The molecule has 0 saturated heterocycles. The fourth-order valence-corrected chi connectivity index (χ4v) is 5.19. The lowest BCUT2D eigenvalue weighted by atomic mass is 10.1. The molecule has 3 N–H and O–H groups in total. The molecule has 38 heavy (non-hydrogen) atoms. The van der Waals surface area contributed by atoms with Crippen LogP contribution in [0.5, 0.6) is 0 Å². The van der Waals surface area contributed by atoms with Crippen LogP contribution in [-0.2, 0) is 15.6 Å². The van der Waals surface area contributed by atoms with Crippen molar-refractivity contribution in [3.63, 3.8) is 0 Å². The fourth-order valence-electron chi connectivity index (χ4n) is 3.72. The van der Waals surface area contributed by atoms with Gasteiger partial charge >= 0.3 is 0 Å². The second-order valence-electron chi connectivity index (χ2n) is 10.00. The molecule has 0 atom stereocenters. The topological polar surface area (TPSA) is 161 Å². The van der Waals surface area contributed by atoms with E-state index in [0.717, 1.165) is 15.3 Å². The molecule has 12 nitrogen and oxygen atoms in total. The van der Waals surface area contributed by atoms with Crippen LogP contribution in [-0.4, -0.2) is 58.9 Å². The van der Waals surface area contributed by atoms with Crippen molar-refractivity contribution in [1.82, 2.24) is 34.1 Å². The molecule has 5 rings (SSSR count). The molecule has 0 bridgehead atoms. The molecule has 1 saturated carbocycles. The number of aromatic nitrogens is 7. The molecule has 1 aliphatic rings. The van der Waals surface area contributed by atoms with Crippen LogP contribution in [0.3, 0.4) is 0 Å². The molecule has 4 aromatic heterocycles. The van der Waals surface area contributed by atoms with E-state index in [2.05, 4.69) is 40.7 Å². The Hall–Kier alpha value is -3.97. The summed E-state index contributed by atoms with van der Waals surface area (Å²) >= 11 is 0. The second kappa shape index (κ2) is 9.72. The highest BCUT2D eigenvalue weighted by Crippen LogP contribution is 2.31. The zero-order valence-corrected chi connectivity index (χ0v) is 22.3. The van der Waals surface area contributed by atoms with Gasteiger partial charge in [0.2, 0.25) is 0 Å². The minimum absolute atomic E-state index is 0.140. The second-order valence-corrected chi connectivity index (χ2v) is 12.1. The van der Waals surface area contributed by atoms with E-state index >= 15 is 0 Å². The van der Waals surface area contributed by atoms with Gasteiger partial charge in [0.25, 0.3) is 10.0 Å². The van der Waals surface area contributed by atoms with Crippen molar-refractivity contribution in [2.75, 3.05) is 10.6 Å². The van der Waals surface area contributed by atoms with Gasteiger partial charge in [-0.1, -0.05) is 0 Å². The summed E-state index contributed by atoms with van der Waals surface area (Å²) < 4.78 is 25.9. The number of rotatable bonds is 9. The Morgan fingerprint density at radius 3 is 2.50 bits per heavy atom. The van der Waals surface area contributed by atoms with Crippen molar-refractivity contribution in [2.24, 2.45) is 0 Å². The summed E-state index contributed by atoms with van der Waals surface area (Å²) in [6.45, 7) is 7.37. The molecule has 0 aromatic carbocycles. The lowest BCUT2D eigenvalue weighted by Crippen LogP contribution is -2.17. The van der Waals surface area contributed by atoms with E-state index in [9.17, 15) is 13.5 Å². The number of nitrogens with zero attached hydrogens (tertiary/aromatic N) is 7. The van der Waals surface area contributed by atoms with E-state index in [1.54, 1.807) is 44.7 Å². The Bertz CT molecular complexity index is 1560.